The number of nitrogens with one attached hydrogen (secondary N) is 1. The molecule has 0 saturated carbocycles. The van der Waals surface area contributed by atoms with Gasteiger partial charge in [-0.25, -0.2) is 14.6 Å². The molecule has 0 fully saturated rings. The number of furan rings is 1. The lowest BCUT2D eigenvalue weighted by Gasteiger charge is -2.11. The third kappa shape index (κ3) is 3.46. The van der Waals surface area contributed by atoms with E-state index in [1.807, 2.05) is 69.6 Å². The van der Waals surface area contributed by atoms with E-state index < -0.39 is 0 Å². The van der Waals surface area contributed by atoms with Crippen molar-refractivity contribution >= 4 is 44.2 Å². The van der Waals surface area contributed by atoms with Crippen LogP contribution in [0.3, 0.4) is 0 Å². The summed E-state index contributed by atoms with van der Waals surface area (Å²) in [6.45, 7) is 9.86. The van der Waals surface area contributed by atoms with Crippen LogP contribution in [-0.2, 0) is 0 Å². The first-order valence-corrected chi connectivity index (χ1v) is 11.3. The van der Waals surface area contributed by atoms with Gasteiger partial charge < -0.3 is 9.73 Å². The second-order valence-electron chi connectivity index (χ2n) is 8.17. The number of fused-ring (bicyclic) bond motifs is 2. The number of thiazole rings is 1. The van der Waals surface area contributed by atoms with E-state index in [1.165, 1.54) is 0 Å². The number of hydrogen-bond donors (Lipinski definition) is 1. The first-order valence-electron chi connectivity index (χ1n) is 10.4. The molecule has 4 aromatic heterocycles. The highest BCUT2D eigenvalue weighted by atomic mass is 32.1. The summed E-state index contributed by atoms with van der Waals surface area (Å²) in [6.07, 6.45) is 1.71. The molecule has 1 N–H and O–H groups in total. The molecule has 0 saturated heterocycles. The smallest absolute Gasteiger partial charge is 0.256 e. The van der Waals surface area contributed by atoms with Gasteiger partial charge in [0.15, 0.2) is 5.65 Å². The van der Waals surface area contributed by atoms with E-state index in [0.29, 0.717) is 22.3 Å². The summed E-state index contributed by atoms with van der Waals surface area (Å²) < 4.78 is 8.59. The number of rotatable bonds is 4. The molecule has 0 unspecified atom stereocenters. The van der Waals surface area contributed by atoms with Crippen LogP contribution in [0.15, 0.2) is 40.9 Å². The maximum absolute atomic E-state index is 13.4. The summed E-state index contributed by atoms with van der Waals surface area (Å²) in [5, 5.41) is 9.25. The van der Waals surface area contributed by atoms with Gasteiger partial charge >= 0.3 is 0 Å². The molecule has 1 aromatic carbocycles. The summed E-state index contributed by atoms with van der Waals surface area (Å²) in [6, 6.07) is 9.63. The monoisotopic (exact) mass is 445 g/mol. The Labute approximate surface area is 189 Å². The quantitative estimate of drug-likeness (QED) is 0.363. The first-order chi connectivity index (χ1) is 15.3. The van der Waals surface area contributed by atoms with Crippen molar-refractivity contribution in [3.8, 4) is 11.3 Å². The predicted octanol–water partition coefficient (Wildman–Crippen LogP) is 6.06. The number of aromatic nitrogens is 4. The van der Waals surface area contributed by atoms with Gasteiger partial charge in [0, 0.05) is 17.3 Å². The third-order valence-electron chi connectivity index (χ3n) is 5.37. The van der Waals surface area contributed by atoms with Crippen LogP contribution in [0.25, 0.3) is 32.5 Å². The third-order valence-corrected chi connectivity index (χ3v) is 6.30. The Morgan fingerprint density at radius 1 is 1.12 bits per heavy atom. The predicted molar refractivity (Wildman–Crippen MR) is 127 cm³/mol. The molecule has 5 rings (SSSR count). The number of carbonyl (C=O) groups excluding carboxylic acids is 1. The van der Waals surface area contributed by atoms with Crippen LogP contribution in [0.5, 0.6) is 0 Å². The fraction of sp³-hybridized carbons (Fsp3) is 0.250. The molecule has 0 atom stereocenters. The summed E-state index contributed by atoms with van der Waals surface area (Å²) in [7, 11) is 0. The highest BCUT2D eigenvalue weighted by molar-refractivity contribution is 7.18. The fourth-order valence-electron chi connectivity index (χ4n) is 3.92. The zero-order chi connectivity index (χ0) is 22.6. The number of amides is 1. The minimum absolute atomic E-state index is 0.107. The van der Waals surface area contributed by atoms with E-state index in [1.54, 1.807) is 17.5 Å². The van der Waals surface area contributed by atoms with Crippen LogP contribution >= 0.6 is 11.3 Å². The minimum Gasteiger partial charge on any atom is -0.466 e. The molecule has 0 aliphatic heterocycles. The molecule has 5 aromatic rings. The molecular weight excluding hydrogens is 422 g/mol. The molecule has 0 aliphatic carbocycles. The molecular formula is C24H23N5O2S. The van der Waals surface area contributed by atoms with Crippen LogP contribution in [0.4, 0.5) is 5.69 Å². The van der Waals surface area contributed by atoms with Gasteiger partial charge in [0.1, 0.15) is 11.5 Å². The fourth-order valence-corrected chi connectivity index (χ4v) is 4.79. The second-order valence-corrected chi connectivity index (χ2v) is 9.41. The number of nitrogens with zero attached hydrogens (tertiary/aromatic N) is 4. The van der Waals surface area contributed by atoms with E-state index >= 15 is 0 Å². The molecule has 1 amide bonds. The van der Waals surface area contributed by atoms with Crippen molar-refractivity contribution in [1.82, 2.24) is 19.7 Å². The molecule has 162 valence electrons. The Kier molecular flexibility index (Phi) is 4.82. The zero-order valence-electron chi connectivity index (χ0n) is 18.6. The molecule has 0 bridgehead atoms. The number of anilines is 1. The highest BCUT2D eigenvalue weighted by Crippen LogP contribution is 2.31. The number of aryl methyl sites for hydroxylation is 3. The van der Waals surface area contributed by atoms with Gasteiger partial charge in [0.2, 0.25) is 0 Å². The molecule has 4 heterocycles. The Bertz CT molecular complexity index is 1490. The summed E-state index contributed by atoms with van der Waals surface area (Å²) in [5.74, 6) is 1.36. The molecule has 0 aliphatic rings. The van der Waals surface area contributed by atoms with Crippen molar-refractivity contribution in [2.75, 3.05) is 5.32 Å². The second kappa shape index (κ2) is 7.56. The summed E-state index contributed by atoms with van der Waals surface area (Å²) in [4.78, 5) is 22.7. The lowest BCUT2D eigenvalue weighted by molar-refractivity contribution is 0.102. The van der Waals surface area contributed by atoms with Crippen molar-refractivity contribution in [2.24, 2.45) is 0 Å². The van der Waals surface area contributed by atoms with Gasteiger partial charge in [-0.05, 0) is 65.0 Å². The Morgan fingerprint density at radius 3 is 2.66 bits per heavy atom. The highest BCUT2D eigenvalue weighted by Gasteiger charge is 2.20. The number of benzene rings is 1. The average molecular weight is 446 g/mol. The normalized spacial score (nSPS) is 11.7. The van der Waals surface area contributed by atoms with Crippen LogP contribution in [0.1, 0.15) is 46.8 Å². The largest absolute Gasteiger partial charge is 0.466 e. The van der Waals surface area contributed by atoms with Gasteiger partial charge in [-0.15, -0.1) is 11.3 Å². The van der Waals surface area contributed by atoms with E-state index in [-0.39, 0.29) is 11.9 Å². The van der Waals surface area contributed by atoms with Gasteiger partial charge in [0.05, 0.1) is 38.1 Å². The Hall–Kier alpha value is -3.52. The lowest BCUT2D eigenvalue weighted by atomic mass is 10.1. The van der Waals surface area contributed by atoms with E-state index in [4.69, 9.17) is 9.40 Å². The van der Waals surface area contributed by atoms with E-state index in [0.717, 1.165) is 38.0 Å². The van der Waals surface area contributed by atoms with Gasteiger partial charge in [-0.3, -0.25) is 4.79 Å². The summed E-state index contributed by atoms with van der Waals surface area (Å²) >= 11 is 1.61. The van der Waals surface area contributed by atoms with Crippen molar-refractivity contribution in [3.05, 3.63) is 58.6 Å². The van der Waals surface area contributed by atoms with Crippen LogP contribution < -0.4 is 5.32 Å². The number of carbonyl (C=O) groups is 1. The van der Waals surface area contributed by atoms with E-state index in [2.05, 4.69) is 15.4 Å². The van der Waals surface area contributed by atoms with Crippen molar-refractivity contribution in [1.29, 1.82) is 0 Å². The number of pyridine rings is 1. The van der Waals surface area contributed by atoms with Crippen LogP contribution in [0.2, 0.25) is 0 Å². The van der Waals surface area contributed by atoms with Gasteiger partial charge in [0.25, 0.3) is 5.91 Å². The molecule has 0 radical (unpaired) electrons. The summed E-state index contributed by atoms with van der Waals surface area (Å²) in [5.41, 5.74) is 4.42. The molecule has 32 heavy (non-hydrogen) atoms. The number of hydrogen-bond acceptors (Lipinski definition) is 6. The van der Waals surface area contributed by atoms with Crippen molar-refractivity contribution in [3.63, 3.8) is 0 Å². The van der Waals surface area contributed by atoms with Crippen LogP contribution in [-0.4, -0.2) is 25.7 Å². The Morgan fingerprint density at radius 2 is 1.94 bits per heavy atom. The molecule has 8 heteroatoms. The molecule has 0 spiro atoms. The van der Waals surface area contributed by atoms with E-state index in [9.17, 15) is 4.79 Å². The molecule has 7 nitrogen and oxygen atoms in total. The topological polar surface area (TPSA) is 85.8 Å². The lowest BCUT2D eigenvalue weighted by Crippen LogP contribution is -2.13. The zero-order valence-corrected chi connectivity index (χ0v) is 19.4. The van der Waals surface area contributed by atoms with Crippen molar-refractivity contribution < 1.29 is 9.21 Å². The SMILES string of the molecule is Cc1cc(-c2cc(C(=O)Nc3ccc4nc(C)sc4c3)c3cnn(C(C)C)c3n2)c(C)o1. The maximum Gasteiger partial charge on any atom is 0.256 e. The average Bonchev–Trinajstić information content (AvgIpc) is 3.42. The first kappa shape index (κ1) is 20.4. The van der Waals surface area contributed by atoms with Crippen LogP contribution in [0, 0.1) is 20.8 Å². The van der Waals surface area contributed by atoms with Gasteiger partial charge in [-0.1, -0.05) is 0 Å². The standard InChI is InChI=1S/C24H23N5O2S/c1-12(2)29-23-19(11-25-29)18(10-21(28-23)17-8-13(3)31-14(17)4)24(30)27-16-6-7-20-22(9-16)32-15(5)26-20/h6-12H,1-5H3,(H,27,30). The van der Waals surface area contributed by atoms with Crippen molar-refractivity contribution in [2.45, 2.75) is 40.7 Å². The minimum atomic E-state index is -0.208. The van der Waals surface area contributed by atoms with Gasteiger partial charge in [-0.2, -0.15) is 5.10 Å². The Balaban J connectivity index is 1.62. The maximum atomic E-state index is 13.4.